The van der Waals surface area contributed by atoms with Crippen molar-refractivity contribution >= 4 is 28.7 Å². The number of hydrogen-bond donors (Lipinski definition) is 3. The van der Waals surface area contributed by atoms with Gasteiger partial charge in [-0.1, -0.05) is 11.6 Å². The molecule has 0 saturated carbocycles. The summed E-state index contributed by atoms with van der Waals surface area (Å²) in [4.78, 5) is 13.1. The quantitative estimate of drug-likeness (QED) is 0.517. The number of aromatic nitrogens is 1. The molecule has 2 rings (SSSR count). The molecule has 0 atom stereocenters. The van der Waals surface area contributed by atoms with Crippen LogP contribution in [-0.2, 0) is 0 Å². The predicted octanol–water partition coefficient (Wildman–Crippen LogP) is 2.58. The fourth-order valence-electron chi connectivity index (χ4n) is 1.33. The summed E-state index contributed by atoms with van der Waals surface area (Å²) in [6.45, 7) is 0. The molecular formula is C9H6ClNO4. The molecule has 0 unspecified atom stereocenters. The number of phenolic OH excluding ortho intramolecular Hbond substituents is 1. The largest absolute Gasteiger partial charge is 0.511 e. The van der Waals surface area contributed by atoms with Crippen LogP contribution in [0.4, 0.5) is 4.79 Å². The molecule has 0 amide bonds. The van der Waals surface area contributed by atoms with Crippen LogP contribution in [0.2, 0.25) is 5.02 Å². The second kappa shape index (κ2) is 3.36. The minimum atomic E-state index is -1.48. The average Bonchev–Trinajstić information content (AvgIpc) is 2.61. The molecule has 3 N–H and O–H groups in total. The van der Waals surface area contributed by atoms with Crippen LogP contribution in [0.15, 0.2) is 18.3 Å². The lowest BCUT2D eigenvalue weighted by molar-refractivity contribution is 0.144. The molecule has 0 aliphatic carbocycles. The van der Waals surface area contributed by atoms with E-state index < -0.39 is 6.16 Å². The van der Waals surface area contributed by atoms with Gasteiger partial charge in [-0.05, 0) is 6.07 Å². The number of rotatable bonds is 1. The van der Waals surface area contributed by atoms with Crippen LogP contribution in [0, 0.1) is 0 Å². The number of H-pyrrole nitrogens is 1. The number of hydrogen-bond acceptors (Lipinski definition) is 3. The smallest absolute Gasteiger partial charge is 0.506 e. The minimum absolute atomic E-state index is 0.0891. The molecule has 1 aromatic carbocycles. The molecule has 1 heterocycles. The number of carboxylic acid groups (broad SMARTS) is 1. The van der Waals surface area contributed by atoms with E-state index in [9.17, 15) is 9.90 Å². The highest BCUT2D eigenvalue weighted by atomic mass is 35.5. The summed E-state index contributed by atoms with van der Waals surface area (Å²) >= 11 is 5.88. The number of halogens is 1. The Morgan fingerprint density at radius 1 is 1.53 bits per heavy atom. The molecule has 0 aliphatic heterocycles. The third kappa shape index (κ3) is 1.57. The van der Waals surface area contributed by atoms with E-state index >= 15 is 0 Å². The lowest BCUT2D eigenvalue weighted by Gasteiger charge is -2.05. The zero-order valence-corrected chi connectivity index (χ0v) is 8.08. The number of aromatic hydroxyl groups is 1. The third-order valence-electron chi connectivity index (χ3n) is 1.92. The lowest BCUT2D eigenvalue weighted by Crippen LogP contribution is -2.03. The zero-order chi connectivity index (χ0) is 11.0. The highest BCUT2D eigenvalue weighted by Gasteiger charge is 2.14. The topological polar surface area (TPSA) is 82.6 Å². The Kier molecular flexibility index (Phi) is 2.17. The van der Waals surface area contributed by atoms with Gasteiger partial charge in [-0.3, -0.25) is 0 Å². The monoisotopic (exact) mass is 227 g/mol. The average molecular weight is 228 g/mol. The van der Waals surface area contributed by atoms with E-state index in [2.05, 4.69) is 9.72 Å². The van der Waals surface area contributed by atoms with Crippen LogP contribution in [0.1, 0.15) is 0 Å². The number of ether oxygens (including phenoxy) is 1. The van der Waals surface area contributed by atoms with Crippen LogP contribution in [-0.4, -0.2) is 21.4 Å². The molecular weight excluding hydrogens is 222 g/mol. The van der Waals surface area contributed by atoms with Gasteiger partial charge in [-0.25, -0.2) is 4.79 Å². The molecule has 15 heavy (non-hydrogen) atoms. The first-order chi connectivity index (χ1) is 7.09. The Morgan fingerprint density at radius 3 is 2.93 bits per heavy atom. The number of carbonyl (C=O) groups is 1. The summed E-state index contributed by atoms with van der Waals surface area (Å²) in [7, 11) is 0. The van der Waals surface area contributed by atoms with Crippen LogP contribution in [0.3, 0.4) is 0 Å². The fraction of sp³-hybridized carbons (Fsp3) is 0. The highest BCUT2D eigenvalue weighted by Crippen LogP contribution is 2.37. The van der Waals surface area contributed by atoms with E-state index in [0.717, 1.165) is 6.07 Å². The van der Waals surface area contributed by atoms with Crippen molar-refractivity contribution in [1.29, 1.82) is 0 Å². The molecule has 6 heteroatoms. The molecule has 2 aromatic rings. The summed E-state index contributed by atoms with van der Waals surface area (Å²) in [6, 6.07) is 2.77. The predicted molar refractivity (Wildman–Crippen MR) is 53.6 cm³/mol. The molecule has 0 bridgehead atoms. The van der Waals surface area contributed by atoms with Crippen LogP contribution >= 0.6 is 11.6 Å². The van der Waals surface area contributed by atoms with E-state index in [1.807, 2.05) is 0 Å². The van der Waals surface area contributed by atoms with Crippen molar-refractivity contribution in [2.45, 2.75) is 0 Å². The second-order valence-electron chi connectivity index (χ2n) is 2.84. The number of nitrogens with one attached hydrogen (secondary N) is 1. The standard InChI is InChI=1S/C9H6ClNO4/c10-7-4-1-2-11-8(4)5(12)3-6(7)15-9(13)14/h1-3,11-12H,(H,13,14). The maximum absolute atomic E-state index is 10.3. The Labute approximate surface area is 88.9 Å². The normalized spacial score (nSPS) is 10.5. The van der Waals surface area contributed by atoms with E-state index in [1.54, 1.807) is 12.3 Å². The van der Waals surface area contributed by atoms with Crippen molar-refractivity contribution in [2.24, 2.45) is 0 Å². The van der Waals surface area contributed by atoms with Gasteiger partial charge in [-0.2, -0.15) is 0 Å². The summed E-state index contributed by atoms with van der Waals surface area (Å²) in [5, 5.41) is 18.6. The second-order valence-corrected chi connectivity index (χ2v) is 3.22. The Morgan fingerprint density at radius 2 is 2.27 bits per heavy atom. The van der Waals surface area contributed by atoms with Gasteiger partial charge >= 0.3 is 6.16 Å². The minimum Gasteiger partial charge on any atom is -0.506 e. The van der Waals surface area contributed by atoms with Crippen LogP contribution in [0.25, 0.3) is 10.9 Å². The van der Waals surface area contributed by atoms with Gasteiger partial charge in [0.25, 0.3) is 0 Å². The highest BCUT2D eigenvalue weighted by molar-refractivity contribution is 6.37. The molecule has 0 aliphatic rings. The summed E-state index contributed by atoms with van der Waals surface area (Å²) in [5.41, 5.74) is 0.442. The first-order valence-electron chi connectivity index (χ1n) is 3.99. The van der Waals surface area contributed by atoms with Crippen molar-refractivity contribution < 1.29 is 19.7 Å². The van der Waals surface area contributed by atoms with Gasteiger partial charge in [0.05, 0.1) is 10.5 Å². The zero-order valence-electron chi connectivity index (χ0n) is 7.32. The number of benzene rings is 1. The summed E-state index contributed by atoms with van der Waals surface area (Å²) in [6.07, 6.45) is 0.104. The van der Waals surface area contributed by atoms with E-state index in [0.29, 0.717) is 10.9 Å². The molecule has 0 radical (unpaired) electrons. The Bertz CT molecular complexity index is 534. The van der Waals surface area contributed by atoms with Gasteiger partial charge in [0.1, 0.15) is 5.75 Å². The maximum Gasteiger partial charge on any atom is 0.511 e. The summed E-state index contributed by atoms with van der Waals surface area (Å²) < 4.78 is 4.41. The van der Waals surface area contributed by atoms with Gasteiger partial charge in [0.15, 0.2) is 5.75 Å². The Balaban J connectivity index is 2.65. The SMILES string of the molecule is O=C(O)Oc1cc(O)c2[nH]ccc2c1Cl. The van der Waals surface area contributed by atoms with E-state index in [1.165, 1.54) is 0 Å². The third-order valence-corrected chi connectivity index (χ3v) is 2.31. The lowest BCUT2D eigenvalue weighted by atomic mass is 10.2. The Hall–Kier alpha value is -1.88. The van der Waals surface area contributed by atoms with Gasteiger partial charge in [-0.15, -0.1) is 0 Å². The molecule has 5 nitrogen and oxygen atoms in total. The van der Waals surface area contributed by atoms with Crippen molar-refractivity contribution in [3.8, 4) is 11.5 Å². The first-order valence-corrected chi connectivity index (χ1v) is 4.36. The molecule has 0 fully saturated rings. The van der Waals surface area contributed by atoms with E-state index in [-0.39, 0.29) is 16.5 Å². The molecule has 0 saturated heterocycles. The van der Waals surface area contributed by atoms with Gasteiger partial charge < -0.3 is 19.9 Å². The van der Waals surface area contributed by atoms with Gasteiger partial charge in [0.2, 0.25) is 0 Å². The molecule has 78 valence electrons. The van der Waals surface area contributed by atoms with Crippen molar-refractivity contribution in [3.05, 3.63) is 23.4 Å². The summed E-state index contributed by atoms with van der Waals surface area (Å²) in [5.74, 6) is -0.204. The number of fused-ring (bicyclic) bond motifs is 1. The van der Waals surface area contributed by atoms with Crippen molar-refractivity contribution in [1.82, 2.24) is 4.98 Å². The molecule has 0 spiro atoms. The first kappa shape index (κ1) is 9.67. The maximum atomic E-state index is 10.3. The van der Waals surface area contributed by atoms with Gasteiger partial charge in [0, 0.05) is 17.6 Å². The number of aromatic amines is 1. The fourth-order valence-corrected chi connectivity index (χ4v) is 1.58. The van der Waals surface area contributed by atoms with E-state index in [4.69, 9.17) is 16.7 Å². The van der Waals surface area contributed by atoms with Crippen LogP contribution in [0.5, 0.6) is 11.5 Å². The van der Waals surface area contributed by atoms with Crippen molar-refractivity contribution in [3.63, 3.8) is 0 Å². The van der Waals surface area contributed by atoms with Crippen molar-refractivity contribution in [2.75, 3.05) is 0 Å². The molecule has 1 aromatic heterocycles. The number of phenols is 1. The van der Waals surface area contributed by atoms with Crippen LogP contribution < -0.4 is 4.74 Å².